The van der Waals surface area contributed by atoms with Crippen molar-refractivity contribution in [1.29, 1.82) is 0 Å². The van der Waals surface area contributed by atoms with Crippen LogP contribution in [-0.4, -0.2) is 53.8 Å². The molecule has 2 fully saturated rings. The summed E-state index contributed by atoms with van der Waals surface area (Å²) >= 11 is 0. The summed E-state index contributed by atoms with van der Waals surface area (Å²) in [7, 11) is 0. The van der Waals surface area contributed by atoms with Crippen molar-refractivity contribution in [3.05, 3.63) is 0 Å². The minimum absolute atomic E-state index is 0.230. The normalized spacial score (nSPS) is 24.2. The molecule has 1 aliphatic carbocycles. The van der Waals surface area contributed by atoms with Crippen LogP contribution in [0.1, 0.15) is 39.0 Å². The molecular formula is C14H25N3O2. The van der Waals surface area contributed by atoms with Crippen LogP contribution in [-0.2, 0) is 9.59 Å². The van der Waals surface area contributed by atoms with Crippen LogP contribution in [0.4, 0.5) is 0 Å². The number of hydrogen-bond donors (Lipinski definition) is 1. The Morgan fingerprint density at radius 1 is 1.05 bits per heavy atom. The molecule has 0 spiro atoms. The van der Waals surface area contributed by atoms with E-state index in [9.17, 15) is 9.59 Å². The first-order valence-electron chi connectivity index (χ1n) is 7.41. The van der Waals surface area contributed by atoms with E-state index in [0.717, 1.165) is 39.0 Å². The molecule has 1 unspecified atom stereocenters. The van der Waals surface area contributed by atoms with E-state index >= 15 is 0 Å². The van der Waals surface area contributed by atoms with Gasteiger partial charge in [-0.15, -0.1) is 0 Å². The molecule has 5 heteroatoms. The van der Waals surface area contributed by atoms with Crippen molar-refractivity contribution in [3.63, 3.8) is 0 Å². The molecule has 1 heterocycles. The van der Waals surface area contributed by atoms with Crippen LogP contribution >= 0.6 is 0 Å². The second-order valence-electron chi connectivity index (χ2n) is 5.77. The molecule has 1 aliphatic heterocycles. The molecule has 2 aliphatic rings. The molecule has 0 aromatic heterocycles. The Kier molecular flexibility index (Phi) is 4.80. The summed E-state index contributed by atoms with van der Waals surface area (Å²) < 4.78 is 0. The van der Waals surface area contributed by atoms with Gasteiger partial charge in [0, 0.05) is 32.1 Å². The Bertz CT molecular complexity index is 332. The van der Waals surface area contributed by atoms with Crippen LogP contribution in [0.3, 0.4) is 0 Å². The SMILES string of the molecule is CC(C(N)=O)N1CCN(C(=O)C2CCCCC2)CC1. The van der Waals surface area contributed by atoms with E-state index in [4.69, 9.17) is 5.73 Å². The van der Waals surface area contributed by atoms with Crippen molar-refractivity contribution in [2.75, 3.05) is 26.2 Å². The van der Waals surface area contributed by atoms with Gasteiger partial charge in [0.15, 0.2) is 0 Å². The number of hydrogen-bond acceptors (Lipinski definition) is 3. The first-order valence-corrected chi connectivity index (χ1v) is 7.41. The van der Waals surface area contributed by atoms with Crippen molar-refractivity contribution >= 4 is 11.8 Å². The summed E-state index contributed by atoms with van der Waals surface area (Å²) in [6.45, 7) is 4.80. The largest absolute Gasteiger partial charge is 0.368 e. The second kappa shape index (κ2) is 6.37. The average Bonchev–Trinajstić information content (AvgIpc) is 2.46. The first kappa shape index (κ1) is 14.3. The fourth-order valence-electron chi connectivity index (χ4n) is 3.12. The maximum Gasteiger partial charge on any atom is 0.234 e. The summed E-state index contributed by atoms with van der Waals surface area (Å²) in [5.41, 5.74) is 5.32. The van der Waals surface area contributed by atoms with Crippen LogP contribution in [0.2, 0.25) is 0 Å². The van der Waals surface area contributed by atoms with Crippen LogP contribution < -0.4 is 5.73 Å². The predicted molar refractivity (Wildman–Crippen MR) is 73.4 cm³/mol. The molecule has 5 nitrogen and oxygen atoms in total. The number of rotatable bonds is 3. The van der Waals surface area contributed by atoms with Crippen LogP contribution in [0.5, 0.6) is 0 Å². The first-order chi connectivity index (χ1) is 9.09. The quantitative estimate of drug-likeness (QED) is 0.813. The van der Waals surface area contributed by atoms with Crippen molar-refractivity contribution in [1.82, 2.24) is 9.80 Å². The zero-order chi connectivity index (χ0) is 13.8. The third-order valence-electron chi connectivity index (χ3n) is 4.54. The van der Waals surface area contributed by atoms with Crippen LogP contribution in [0, 0.1) is 5.92 Å². The van der Waals surface area contributed by atoms with Gasteiger partial charge in [-0.25, -0.2) is 0 Å². The number of carbonyl (C=O) groups excluding carboxylic acids is 2. The van der Waals surface area contributed by atoms with Gasteiger partial charge in [0.05, 0.1) is 6.04 Å². The molecule has 1 atom stereocenters. The number of amides is 2. The van der Waals surface area contributed by atoms with Gasteiger partial charge in [0.25, 0.3) is 0 Å². The highest BCUT2D eigenvalue weighted by molar-refractivity contribution is 5.80. The molecule has 19 heavy (non-hydrogen) atoms. The minimum atomic E-state index is -0.285. The lowest BCUT2D eigenvalue weighted by molar-refractivity contribution is -0.139. The third-order valence-corrected chi connectivity index (χ3v) is 4.54. The molecule has 0 aromatic carbocycles. The van der Waals surface area contributed by atoms with E-state index in [0.29, 0.717) is 5.91 Å². The van der Waals surface area contributed by atoms with Gasteiger partial charge in [0.2, 0.25) is 11.8 Å². The zero-order valence-electron chi connectivity index (χ0n) is 11.8. The number of carbonyl (C=O) groups is 2. The van der Waals surface area contributed by atoms with Crippen molar-refractivity contribution < 1.29 is 9.59 Å². The Hall–Kier alpha value is -1.10. The lowest BCUT2D eigenvalue weighted by Gasteiger charge is -2.38. The van der Waals surface area contributed by atoms with E-state index in [1.807, 2.05) is 11.8 Å². The molecule has 1 saturated carbocycles. The Morgan fingerprint density at radius 2 is 1.63 bits per heavy atom. The highest BCUT2D eigenvalue weighted by Crippen LogP contribution is 2.25. The fourth-order valence-corrected chi connectivity index (χ4v) is 3.12. The highest BCUT2D eigenvalue weighted by atomic mass is 16.2. The minimum Gasteiger partial charge on any atom is -0.368 e. The molecule has 0 bridgehead atoms. The molecule has 2 rings (SSSR count). The summed E-state index contributed by atoms with van der Waals surface area (Å²) in [4.78, 5) is 27.6. The number of nitrogens with two attached hydrogens (primary N) is 1. The van der Waals surface area contributed by atoms with E-state index < -0.39 is 0 Å². The molecule has 108 valence electrons. The monoisotopic (exact) mass is 267 g/mol. The fraction of sp³-hybridized carbons (Fsp3) is 0.857. The molecule has 2 N–H and O–H groups in total. The van der Waals surface area contributed by atoms with Crippen LogP contribution in [0.15, 0.2) is 0 Å². The summed E-state index contributed by atoms with van der Waals surface area (Å²) in [6.07, 6.45) is 5.76. The van der Waals surface area contributed by atoms with Gasteiger partial charge in [0.1, 0.15) is 0 Å². The maximum atomic E-state index is 12.4. The Balaban J connectivity index is 1.82. The molecular weight excluding hydrogens is 242 g/mol. The predicted octanol–water partition coefficient (Wildman–Crippen LogP) is 0.585. The van der Waals surface area contributed by atoms with Gasteiger partial charge in [-0.1, -0.05) is 19.3 Å². The van der Waals surface area contributed by atoms with Crippen molar-refractivity contribution in [3.8, 4) is 0 Å². The summed E-state index contributed by atoms with van der Waals surface area (Å²) in [5, 5.41) is 0. The van der Waals surface area contributed by atoms with E-state index in [-0.39, 0.29) is 17.9 Å². The lowest BCUT2D eigenvalue weighted by atomic mass is 9.88. The Morgan fingerprint density at radius 3 is 2.16 bits per heavy atom. The van der Waals surface area contributed by atoms with Gasteiger partial charge >= 0.3 is 0 Å². The van der Waals surface area contributed by atoms with Crippen LogP contribution in [0.25, 0.3) is 0 Å². The average molecular weight is 267 g/mol. The highest BCUT2D eigenvalue weighted by Gasteiger charge is 2.30. The summed E-state index contributed by atoms with van der Waals surface area (Å²) in [6, 6.07) is -0.230. The van der Waals surface area contributed by atoms with Gasteiger partial charge in [-0.2, -0.15) is 0 Å². The number of piperazine rings is 1. The van der Waals surface area contributed by atoms with E-state index in [1.54, 1.807) is 0 Å². The Labute approximate surface area is 115 Å². The maximum absolute atomic E-state index is 12.4. The number of nitrogens with zero attached hydrogens (tertiary/aromatic N) is 2. The lowest BCUT2D eigenvalue weighted by Crippen LogP contribution is -2.55. The summed E-state index contributed by atoms with van der Waals surface area (Å²) in [5.74, 6) is 0.284. The van der Waals surface area contributed by atoms with Gasteiger partial charge < -0.3 is 10.6 Å². The second-order valence-corrected chi connectivity index (χ2v) is 5.77. The van der Waals surface area contributed by atoms with E-state index in [2.05, 4.69) is 4.90 Å². The molecule has 0 aromatic rings. The molecule has 2 amide bonds. The van der Waals surface area contributed by atoms with Gasteiger partial charge in [-0.05, 0) is 19.8 Å². The van der Waals surface area contributed by atoms with Crippen molar-refractivity contribution in [2.24, 2.45) is 11.7 Å². The smallest absolute Gasteiger partial charge is 0.234 e. The topological polar surface area (TPSA) is 66.6 Å². The molecule has 0 radical (unpaired) electrons. The zero-order valence-corrected chi connectivity index (χ0v) is 11.8. The standard InChI is InChI=1S/C14H25N3O2/c1-11(13(15)18)16-7-9-17(10-8-16)14(19)12-5-3-2-4-6-12/h11-12H,2-10H2,1H3,(H2,15,18). The van der Waals surface area contributed by atoms with Crippen molar-refractivity contribution in [2.45, 2.75) is 45.1 Å². The third kappa shape index (κ3) is 3.47. The van der Waals surface area contributed by atoms with E-state index in [1.165, 1.54) is 19.3 Å². The van der Waals surface area contributed by atoms with Gasteiger partial charge in [-0.3, -0.25) is 14.5 Å². The molecule has 1 saturated heterocycles. The number of primary amides is 1.